The number of benzene rings is 2. The number of para-hydroxylation sites is 1. The number of pyridine rings is 1. The summed E-state index contributed by atoms with van der Waals surface area (Å²) >= 11 is 0. The van der Waals surface area contributed by atoms with Crippen molar-refractivity contribution < 1.29 is 14.3 Å². The van der Waals surface area contributed by atoms with E-state index >= 15 is 0 Å². The normalized spacial score (nSPS) is 11.2. The van der Waals surface area contributed by atoms with E-state index in [0.717, 1.165) is 22.0 Å². The number of hydrogen-bond acceptors (Lipinski definition) is 4. The molecule has 3 aromatic rings. The van der Waals surface area contributed by atoms with Gasteiger partial charge in [-0.15, -0.1) is 0 Å². The van der Waals surface area contributed by atoms with Crippen molar-refractivity contribution in [1.82, 2.24) is 4.98 Å². The third kappa shape index (κ3) is 3.62. The summed E-state index contributed by atoms with van der Waals surface area (Å²) in [6.45, 7) is 1.83. The lowest BCUT2D eigenvalue weighted by atomic mass is 10.0. The number of carbonyl (C=O) groups excluding carboxylic acids is 2. The summed E-state index contributed by atoms with van der Waals surface area (Å²) in [7, 11) is 1.30. The summed E-state index contributed by atoms with van der Waals surface area (Å²) in [4.78, 5) is 28.6. The van der Waals surface area contributed by atoms with Crippen molar-refractivity contribution in [1.29, 1.82) is 0 Å². The Morgan fingerprint density at radius 3 is 2.58 bits per heavy atom. The van der Waals surface area contributed by atoms with Gasteiger partial charge in [0.2, 0.25) is 5.91 Å². The minimum absolute atomic E-state index is 0.303. The highest BCUT2D eigenvalue weighted by Gasteiger charge is 2.13. The molecule has 0 unspecified atom stereocenters. The number of methoxy groups -OCH3 is 1. The van der Waals surface area contributed by atoms with Gasteiger partial charge in [0.15, 0.2) is 0 Å². The van der Waals surface area contributed by atoms with Gasteiger partial charge in [-0.1, -0.05) is 36.4 Å². The van der Waals surface area contributed by atoms with E-state index in [1.807, 2.05) is 37.3 Å². The molecule has 0 atom stereocenters. The highest BCUT2D eigenvalue weighted by atomic mass is 16.5. The number of rotatable bonds is 4. The maximum Gasteiger partial charge on any atom is 0.339 e. The zero-order chi connectivity index (χ0) is 18.5. The van der Waals surface area contributed by atoms with Gasteiger partial charge >= 0.3 is 5.97 Å². The number of ether oxygens (including phenoxy) is 1. The van der Waals surface area contributed by atoms with Crippen LogP contribution in [-0.2, 0) is 9.53 Å². The predicted molar refractivity (Wildman–Crippen MR) is 102 cm³/mol. The van der Waals surface area contributed by atoms with E-state index < -0.39 is 5.97 Å². The van der Waals surface area contributed by atoms with Crippen LogP contribution in [0.25, 0.3) is 16.3 Å². The topological polar surface area (TPSA) is 68.3 Å². The lowest BCUT2D eigenvalue weighted by molar-refractivity contribution is -0.111. The van der Waals surface area contributed by atoms with E-state index in [0.29, 0.717) is 11.3 Å². The number of fused-ring (bicyclic) bond motifs is 1. The molecule has 1 amide bonds. The summed E-state index contributed by atoms with van der Waals surface area (Å²) in [5, 5.41) is 4.77. The second-order valence-corrected chi connectivity index (χ2v) is 5.73. The average molecular weight is 346 g/mol. The molecule has 0 radical (unpaired) electrons. The largest absolute Gasteiger partial charge is 0.465 e. The Hall–Kier alpha value is -3.47. The third-order valence-corrected chi connectivity index (χ3v) is 3.99. The van der Waals surface area contributed by atoms with Gasteiger partial charge in [0, 0.05) is 17.7 Å². The Bertz CT molecular complexity index is 1000. The van der Waals surface area contributed by atoms with Gasteiger partial charge in [-0.25, -0.2) is 4.79 Å². The zero-order valence-corrected chi connectivity index (χ0v) is 14.5. The molecular formula is C21H18N2O3. The fourth-order valence-corrected chi connectivity index (χ4v) is 2.75. The Kier molecular flexibility index (Phi) is 5.08. The van der Waals surface area contributed by atoms with Crippen molar-refractivity contribution in [3.8, 4) is 0 Å². The van der Waals surface area contributed by atoms with Crippen molar-refractivity contribution in [2.24, 2.45) is 0 Å². The van der Waals surface area contributed by atoms with E-state index in [9.17, 15) is 9.59 Å². The van der Waals surface area contributed by atoms with Crippen LogP contribution in [0.2, 0.25) is 0 Å². The van der Waals surface area contributed by atoms with Gasteiger partial charge in [0.25, 0.3) is 0 Å². The van der Waals surface area contributed by atoms with Gasteiger partial charge in [-0.2, -0.15) is 0 Å². The molecule has 0 saturated heterocycles. The number of hydrogen-bond donors (Lipinski definition) is 1. The minimum atomic E-state index is -0.502. The fourth-order valence-electron chi connectivity index (χ4n) is 2.75. The summed E-state index contributed by atoms with van der Waals surface area (Å²) in [5.74, 6) is -0.842. The molecule has 1 aromatic heterocycles. The van der Waals surface area contributed by atoms with Crippen LogP contribution >= 0.6 is 0 Å². The molecule has 0 aliphatic rings. The van der Waals surface area contributed by atoms with E-state index in [1.54, 1.807) is 30.5 Å². The van der Waals surface area contributed by atoms with Gasteiger partial charge < -0.3 is 10.1 Å². The molecule has 0 spiro atoms. The molecule has 3 rings (SSSR count). The number of carbonyl (C=O) groups is 2. The Morgan fingerprint density at radius 2 is 1.77 bits per heavy atom. The molecule has 0 aliphatic carbocycles. The van der Waals surface area contributed by atoms with Crippen LogP contribution in [0.1, 0.15) is 23.0 Å². The smallest absolute Gasteiger partial charge is 0.339 e. The highest BCUT2D eigenvalue weighted by Crippen LogP contribution is 2.23. The van der Waals surface area contributed by atoms with E-state index in [1.165, 1.54) is 13.2 Å². The number of allylic oxidation sites excluding steroid dienone is 1. The van der Waals surface area contributed by atoms with Crippen LogP contribution < -0.4 is 5.32 Å². The van der Waals surface area contributed by atoms with Gasteiger partial charge in [-0.05, 0) is 36.1 Å². The van der Waals surface area contributed by atoms with Gasteiger partial charge in [0.05, 0.1) is 24.1 Å². The first kappa shape index (κ1) is 17.4. The summed E-state index contributed by atoms with van der Waals surface area (Å²) in [5.41, 5.74) is 2.19. The standard InChI is InChI=1S/C21H18N2O3/c1-14(20-16-8-4-3-7-15(16)11-12-22-20)13-19(24)23-18-10-6-5-9-17(18)21(25)26-2/h3-13H,1-2H3,(H,23,24)/b14-13-. The van der Waals surface area contributed by atoms with Crippen LogP contribution in [-0.4, -0.2) is 24.0 Å². The average Bonchev–Trinajstić information content (AvgIpc) is 2.67. The van der Waals surface area contributed by atoms with Crippen LogP contribution in [0.3, 0.4) is 0 Å². The number of nitrogens with one attached hydrogen (secondary N) is 1. The molecule has 0 fully saturated rings. The summed E-state index contributed by atoms with van der Waals surface area (Å²) < 4.78 is 4.74. The van der Waals surface area contributed by atoms with Crippen molar-refractivity contribution in [2.45, 2.75) is 6.92 Å². The highest BCUT2D eigenvalue weighted by molar-refractivity contribution is 6.08. The monoisotopic (exact) mass is 346 g/mol. The Balaban J connectivity index is 1.89. The molecule has 130 valence electrons. The summed E-state index contributed by atoms with van der Waals surface area (Å²) in [6, 6.07) is 16.5. The first-order valence-electron chi connectivity index (χ1n) is 8.11. The first-order valence-corrected chi connectivity index (χ1v) is 8.11. The zero-order valence-electron chi connectivity index (χ0n) is 14.5. The Labute approximate surface area is 151 Å². The number of amides is 1. The molecule has 2 aromatic carbocycles. The van der Waals surface area contributed by atoms with E-state index in [4.69, 9.17) is 4.74 Å². The lowest BCUT2D eigenvalue weighted by Crippen LogP contribution is -2.13. The van der Waals surface area contributed by atoms with Crippen molar-refractivity contribution in [3.63, 3.8) is 0 Å². The molecule has 5 heteroatoms. The van der Waals surface area contributed by atoms with E-state index in [-0.39, 0.29) is 5.91 Å². The quantitative estimate of drug-likeness (QED) is 0.571. The van der Waals surface area contributed by atoms with Crippen molar-refractivity contribution in [3.05, 3.63) is 78.1 Å². The third-order valence-electron chi connectivity index (χ3n) is 3.99. The maximum absolute atomic E-state index is 12.4. The van der Waals surface area contributed by atoms with Gasteiger partial charge in [0.1, 0.15) is 0 Å². The molecule has 0 aliphatic heterocycles. The summed E-state index contributed by atoms with van der Waals surface area (Å²) in [6.07, 6.45) is 3.20. The van der Waals surface area contributed by atoms with E-state index in [2.05, 4.69) is 10.3 Å². The van der Waals surface area contributed by atoms with Crippen molar-refractivity contribution >= 4 is 33.9 Å². The lowest BCUT2D eigenvalue weighted by Gasteiger charge is -2.09. The number of nitrogens with zero attached hydrogens (tertiary/aromatic N) is 1. The maximum atomic E-state index is 12.4. The van der Waals surface area contributed by atoms with Crippen LogP contribution in [0.5, 0.6) is 0 Å². The SMILES string of the molecule is COC(=O)c1ccccc1NC(=O)/C=C(/C)c1nccc2ccccc12. The second kappa shape index (κ2) is 7.61. The van der Waals surface area contributed by atoms with Crippen LogP contribution in [0.15, 0.2) is 66.9 Å². The predicted octanol–water partition coefficient (Wildman–Crippen LogP) is 4.06. The number of esters is 1. The molecule has 1 N–H and O–H groups in total. The molecule has 5 nitrogen and oxygen atoms in total. The van der Waals surface area contributed by atoms with Gasteiger partial charge in [-0.3, -0.25) is 9.78 Å². The minimum Gasteiger partial charge on any atom is -0.465 e. The number of aromatic nitrogens is 1. The molecule has 0 saturated carbocycles. The van der Waals surface area contributed by atoms with Crippen molar-refractivity contribution in [2.75, 3.05) is 12.4 Å². The molecule has 1 heterocycles. The molecule has 0 bridgehead atoms. The Morgan fingerprint density at radius 1 is 1.04 bits per heavy atom. The molecular weight excluding hydrogens is 328 g/mol. The first-order chi connectivity index (χ1) is 12.6. The molecule has 26 heavy (non-hydrogen) atoms. The number of anilines is 1. The fraction of sp³-hybridized carbons (Fsp3) is 0.0952. The van der Waals surface area contributed by atoms with Crippen LogP contribution in [0, 0.1) is 0 Å². The second-order valence-electron chi connectivity index (χ2n) is 5.73. The van der Waals surface area contributed by atoms with Crippen LogP contribution in [0.4, 0.5) is 5.69 Å².